The highest BCUT2D eigenvalue weighted by molar-refractivity contribution is 6.31. The van der Waals surface area contributed by atoms with E-state index in [1.165, 1.54) is 6.07 Å². The number of benzene rings is 1. The van der Waals surface area contributed by atoms with Crippen molar-refractivity contribution in [1.29, 1.82) is 0 Å². The van der Waals surface area contributed by atoms with Crippen molar-refractivity contribution in [3.05, 3.63) is 41.4 Å². The number of fused-ring (bicyclic) bond motifs is 1. The van der Waals surface area contributed by atoms with Crippen molar-refractivity contribution in [3.8, 4) is 11.3 Å². The van der Waals surface area contributed by atoms with Crippen molar-refractivity contribution in [2.24, 2.45) is 0 Å². The fourth-order valence-electron chi connectivity index (χ4n) is 4.51. The number of hydrogen-bond donors (Lipinski definition) is 3. The minimum Gasteiger partial charge on any atom is -0.360 e. The molecule has 0 amide bonds. The predicted octanol–water partition coefficient (Wildman–Crippen LogP) is 5.14. The quantitative estimate of drug-likeness (QED) is 0.568. The molecule has 3 heterocycles. The molecule has 0 aliphatic carbocycles. The van der Waals surface area contributed by atoms with Gasteiger partial charge < -0.3 is 15.6 Å². The summed E-state index contributed by atoms with van der Waals surface area (Å²) in [6, 6.07) is 5.13. The van der Waals surface area contributed by atoms with Gasteiger partial charge in [0.1, 0.15) is 5.82 Å². The third-order valence-corrected chi connectivity index (χ3v) is 5.47. The molecule has 4 rings (SSSR count). The van der Waals surface area contributed by atoms with Gasteiger partial charge in [-0.2, -0.15) is 0 Å². The van der Waals surface area contributed by atoms with Crippen LogP contribution in [0.3, 0.4) is 0 Å². The second-order valence-electron chi connectivity index (χ2n) is 8.92. The fraction of sp³-hybridized carbons (Fsp3) is 0.429. The molecule has 3 N–H and O–H groups in total. The van der Waals surface area contributed by atoms with E-state index in [1.807, 2.05) is 12.3 Å². The highest BCUT2D eigenvalue weighted by Crippen LogP contribution is 2.32. The molecule has 0 unspecified atom stereocenters. The number of piperidine rings is 1. The molecule has 1 saturated heterocycles. The van der Waals surface area contributed by atoms with Gasteiger partial charge in [-0.3, -0.25) is 0 Å². The summed E-state index contributed by atoms with van der Waals surface area (Å²) in [5.74, 6) is 0.140. The number of aromatic nitrogens is 3. The lowest BCUT2D eigenvalue weighted by molar-refractivity contribution is 0.170. The number of anilines is 1. The lowest BCUT2D eigenvalue weighted by atomic mass is 9.80. The second-order valence-corrected chi connectivity index (χ2v) is 9.33. The maximum absolute atomic E-state index is 14.0. The molecule has 7 heteroatoms. The Labute approximate surface area is 169 Å². The van der Waals surface area contributed by atoms with Crippen LogP contribution in [0.4, 0.5) is 10.3 Å². The lowest BCUT2D eigenvalue weighted by Crippen LogP contribution is -2.60. The van der Waals surface area contributed by atoms with Crippen LogP contribution in [-0.2, 0) is 0 Å². The Bertz CT molecular complexity index is 1010. The Morgan fingerprint density at radius 1 is 1.18 bits per heavy atom. The zero-order chi connectivity index (χ0) is 20.1. The molecule has 1 aliphatic heterocycles. The molecular weight excluding hydrogens is 377 g/mol. The Balaban J connectivity index is 1.63. The van der Waals surface area contributed by atoms with Crippen LogP contribution in [-0.4, -0.2) is 32.1 Å². The van der Waals surface area contributed by atoms with E-state index in [9.17, 15) is 4.39 Å². The Morgan fingerprint density at radius 2 is 1.89 bits per heavy atom. The van der Waals surface area contributed by atoms with Gasteiger partial charge in [-0.15, -0.1) is 0 Å². The number of hydrogen-bond acceptors (Lipinski definition) is 4. The monoisotopic (exact) mass is 401 g/mol. The van der Waals surface area contributed by atoms with Crippen molar-refractivity contribution in [2.75, 3.05) is 5.32 Å². The summed E-state index contributed by atoms with van der Waals surface area (Å²) in [6.07, 6.45) is 5.50. The van der Waals surface area contributed by atoms with Crippen LogP contribution in [0.25, 0.3) is 22.2 Å². The normalized spacial score (nSPS) is 19.1. The van der Waals surface area contributed by atoms with Gasteiger partial charge in [-0.05, 0) is 58.7 Å². The van der Waals surface area contributed by atoms with E-state index in [2.05, 4.69) is 53.3 Å². The van der Waals surface area contributed by atoms with E-state index < -0.39 is 5.82 Å². The van der Waals surface area contributed by atoms with Crippen molar-refractivity contribution >= 4 is 28.5 Å². The summed E-state index contributed by atoms with van der Waals surface area (Å²) in [7, 11) is 0. The van der Waals surface area contributed by atoms with Crippen molar-refractivity contribution in [3.63, 3.8) is 0 Å². The SMILES string of the molecule is CC1(C)CC(Nc2nccc(-c3c[nH]c4cc(Cl)c(F)cc34)n2)CC(C)(C)N1. The number of nitrogens with one attached hydrogen (secondary N) is 3. The molecule has 0 bridgehead atoms. The van der Waals surface area contributed by atoms with Crippen LogP contribution in [0.2, 0.25) is 5.02 Å². The lowest BCUT2D eigenvalue weighted by Gasteiger charge is -2.46. The van der Waals surface area contributed by atoms with Gasteiger partial charge >= 0.3 is 0 Å². The Hall–Kier alpha value is -2.18. The number of rotatable bonds is 3. The molecule has 148 valence electrons. The van der Waals surface area contributed by atoms with Gasteiger partial charge in [0.25, 0.3) is 0 Å². The van der Waals surface area contributed by atoms with E-state index in [1.54, 1.807) is 12.3 Å². The average molecular weight is 402 g/mol. The van der Waals surface area contributed by atoms with Crippen LogP contribution >= 0.6 is 11.6 Å². The van der Waals surface area contributed by atoms with E-state index in [4.69, 9.17) is 11.6 Å². The molecule has 3 aromatic rings. The summed E-state index contributed by atoms with van der Waals surface area (Å²) >= 11 is 5.89. The molecule has 0 atom stereocenters. The maximum atomic E-state index is 14.0. The van der Waals surface area contributed by atoms with Crippen LogP contribution in [0.15, 0.2) is 30.6 Å². The van der Waals surface area contributed by atoms with E-state index in [0.717, 1.165) is 35.0 Å². The second kappa shape index (κ2) is 6.71. The van der Waals surface area contributed by atoms with Crippen LogP contribution < -0.4 is 10.6 Å². The fourth-order valence-corrected chi connectivity index (χ4v) is 4.68. The molecular formula is C21H25ClFN5. The predicted molar refractivity (Wildman–Crippen MR) is 112 cm³/mol. The zero-order valence-corrected chi connectivity index (χ0v) is 17.3. The molecule has 1 aromatic carbocycles. The van der Waals surface area contributed by atoms with Crippen LogP contribution in [0.5, 0.6) is 0 Å². The van der Waals surface area contributed by atoms with E-state index in [-0.39, 0.29) is 22.1 Å². The topological polar surface area (TPSA) is 65.6 Å². The van der Waals surface area contributed by atoms with E-state index in [0.29, 0.717) is 5.95 Å². The first kappa shape index (κ1) is 19.2. The third kappa shape index (κ3) is 3.84. The number of nitrogens with zero attached hydrogens (tertiary/aromatic N) is 2. The van der Waals surface area contributed by atoms with Gasteiger partial charge in [0.05, 0.1) is 10.7 Å². The molecule has 1 fully saturated rings. The minimum atomic E-state index is -0.443. The standard InChI is InChI=1S/C21H25ClFN5/c1-20(2)9-12(10-21(3,4)28-20)26-19-24-6-5-17(27-19)14-11-25-18-8-15(22)16(23)7-13(14)18/h5-8,11-12,25,28H,9-10H2,1-4H3,(H,24,26,27). The number of halogens is 2. The van der Waals surface area contributed by atoms with Crippen molar-refractivity contribution < 1.29 is 4.39 Å². The molecule has 0 radical (unpaired) electrons. The zero-order valence-electron chi connectivity index (χ0n) is 16.5. The number of H-pyrrole nitrogens is 1. The van der Waals surface area contributed by atoms with Crippen molar-refractivity contribution in [2.45, 2.75) is 57.7 Å². The smallest absolute Gasteiger partial charge is 0.223 e. The van der Waals surface area contributed by atoms with Gasteiger partial charge in [-0.1, -0.05) is 11.6 Å². The number of aromatic amines is 1. The summed E-state index contributed by atoms with van der Waals surface area (Å²) in [5, 5.41) is 8.02. The third-order valence-electron chi connectivity index (χ3n) is 5.18. The van der Waals surface area contributed by atoms with Crippen LogP contribution in [0, 0.1) is 5.82 Å². The van der Waals surface area contributed by atoms with Crippen molar-refractivity contribution in [1.82, 2.24) is 20.3 Å². The summed E-state index contributed by atoms with van der Waals surface area (Å²) in [4.78, 5) is 12.2. The Kier molecular flexibility index (Phi) is 4.59. The Morgan fingerprint density at radius 3 is 2.61 bits per heavy atom. The summed E-state index contributed by atoms with van der Waals surface area (Å²) in [6.45, 7) is 8.86. The molecule has 2 aromatic heterocycles. The van der Waals surface area contributed by atoms with Gasteiger partial charge in [-0.25, -0.2) is 14.4 Å². The average Bonchev–Trinajstić information content (AvgIpc) is 2.95. The van der Waals surface area contributed by atoms with Gasteiger partial charge in [0, 0.05) is 46.0 Å². The summed E-state index contributed by atoms with van der Waals surface area (Å²) in [5.41, 5.74) is 2.39. The molecule has 0 spiro atoms. The molecule has 28 heavy (non-hydrogen) atoms. The van der Waals surface area contributed by atoms with Crippen LogP contribution in [0.1, 0.15) is 40.5 Å². The van der Waals surface area contributed by atoms with Gasteiger partial charge in [0.15, 0.2) is 0 Å². The van der Waals surface area contributed by atoms with Gasteiger partial charge in [0.2, 0.25) is 5.95 Å². The minimum absolute atomic E-state index is 0.0324. The maximum Gasteiger partial charge on any atom is 0.223 e. The first-order chi connectivity index (χ1) is 13.1. The highest BCUT2D eigenvalue weighted by atomic mass is 35.5. The largest absolute Gasteiger partial charge is 0.360 e. The molecule has 1 aliphatic rings. The van der Waals surface area contributed by atoms with E-state index >= 15 is 0 Å². The first-order valence-corrected chi connectivity index (χ1v) is 9.85. The summed E-state index contributed by atoms with van der Waals surface area (Å²) < 4.78 is 14.0. The molecule has 5 nitrogen and oxygen atoms in total. The first-order valence-electron chi connectivity index (χ1n) is 9.47. The molecule has 0 saturated carbocycles. The highest BCUT2D eigenvalue weighted by Gasteiger charge is 2.37.